The minimum Gasteiger partial charge on any atom is -0.389 e. The van der Waals surface area contributed by atoms with Crippen molar-refractivity contribution in [3.63, 3.8) is 0 Å². The molecule has 1 aromatic heterocycles. The number of nitrogen functional groups attached to an aromatic ring is 1. The Morgan fingerprint density at radius 3 is 1.81 bits per heavy atom. The molecular weight excluding hydrogens is 470 g/mol. The number of hydrogen-bond acceptors (Lipinski definition) is 4. The fourth-order valence-electron chi connectivity index (χ4n) is 3.66. The summed E-state index contributed by atoms with van der Waals surface area (Å²) in [5.74, 6) is 0. The van der Waals surface area contributed by atoms with Gasteiger partial charge >= 0.3 is 12.4 Å². The smallest absolute Gasteiger partial charge is 0.389 e. The van der Waals surface area contributed by atoms with Gasteiger partial charge in [-0.15, -0.1) is 23.1 Å². The molecule has 2 heterocycles. The molecule has 0 amide bonds. The zero-order valence-electron chi connectivity index (χ0n) is 16.1. The van der Waals surface area contributed by atoms with Crippen molar-refractivity contribution in [3.8, 4) is 6.07 Å². The Labute approximate surface area is 187 Å². The van der Waals surface area contributed by atoms with Crippen LogP contribution in [0.1, 0.15) is 48.8 Å². The molecule has 2 N–H and O–H groups in total. The molecular formula is C22H14F6N2S2. The number of thiophene rings is 1. The third-order valence-corrected chi connectivity index (χ3v) is 8.08. The van der Waals surface area contributed by atoms with Crippen LogP contribution in [0.15, 0.2) is 48.5 Å². The third kappa shape index (κ3) is 4.19. The monoisotopic (exact) mass is 484 g/mol. The first-order valence-corrected chi connectivity index (χ1v) is 11.1. The Balaban J connectivity index is 1.75. The van der Waals surface area contributed by atoms with Crippen molar-refractivity contribution in [2.24, 2.45) is 0 Å². The number of nitrogens with two attached hydrogens (primary N) is 1. The van der Waals surface area contributed by atoms with Crippen LogP contribution in [-0.4, -0.2) is 0 Å². The van der Waals surface area contributed by atoms with E-state index in [1.165, 1.54) is 47.4 Å². The topological polar surface area (TPSA) is 49.8 Å². The standard InChI is InChI=1S/C22H14F6N2S2/c23-21(24,25)13-5-1-11(2-6-13)17-9-15-16(10-29)20(30)32-19(15)18(31-17)12-3-7-14(8-4-12)22(26,27)28/h1-8,17-18H,9,30H2. The van der Waals surface area contributed by atoms with Gasteiger partial charge in [0.25, 0.3) is 0 Å². The van der Waals surface area contributed by atoms with Gasteiger partial charge in [0, 0.05) is 10.1 Å². The highest BCUT2D eigenvalue weighted by Crippen LogP contribution is 2.55. The first kappa shape index (κ1) is 22.6. The molecule has 0 aliphatic carbocycles. The number of hydrogen-bond donors (Lipinski definition) is 1. The number of nitrogens with zero attached hydrogens (tertiary/aromatic N) is 1. The van der Waals surface area contributed by atoms with Crippen LogP contribution in [0.5, 0.6) is 0 Å². The molecule has 0 fully saturated rings. The first-order chi connectivity index (χ1) is 15.0. The fraction of sp³-hybridized carbons (Fsp3) is 0.227. The summed E-state index contributed by atoms with van der Waals surface area (Å²) in [5.41, 5.74) is 6.74. The lowest BCUT2D eigenvalue weighted by atomic mass is 9.96. The van der Waals surface area contributed by atoms with Gasteiger partial charge in [0.1, 0.15) is 11.1 Å². The Bertz CT molecular complexity index is 1170. The van der Waals surface area contributed by atoms with E-state index in [0.29, 0.717) is 33.7 Å². The van der Waals surface area contributed by atoms with E-state index in [9.17, 15) is 31.6 Å². The van der Waals surface area contributed by atoms with E-state index in [-0.39, 0.29) is 5.25 Å². The van der Waals surface area contributed by atoms with E-state index in [2.05, 4.69) is 6.07 Å². The Hall–Kier alpha value is -2.64. The summed E-state index contributed by atoms with van der Waals surface area (Å²) in [7, 11) is 0. The minimum atomic E-state index is -4.46. The number of rotatable bonds is 2. The van der Waals surface area contributed by atoms with Crippen molar-refractivity contribution in [1.82, 2.24) is 0 Å². The van der Waals surface area contributed by atoms with Gasteiger partial charge in [-0.2, -0.15) is 31.6 Å². The van der Waals surface area contributed by atoms with Gasteiger partial charge in [0.15, 0.2) is 0 Å². The summed E-state index contributed by atoms with van der Waals surface area (Å²) < 4.78 is 77.7. The second-order valence-electron chi connectivity index (χ2n) is 7.24. The van der Waals surface area contributed by atoms with Gasteiger partial charge in [-0.3, -0.25) is 0 Å². The zero-order chi connectivity index (χ0) is 23.3. The van der Waals surface area contributed by atoms with Crippen LogP contribution in [0.3, 0.4) is 0 Å². The highest BCUT2D eigenvalue weighted by atomic mass is 32.2. The summed E-state index contributed by atoms with van der Waals surface area (Å²) in [6.07, 6.45) is -8.53. The molecule has 2 aromatic carbocycles. The quantitative estimate of drug-likeness (QED) is 0.387. The van der Waals surface area contributed by atoms with Gasteiger partial charge < -0.3 is 5.73 Å². The Morgan fingerprint density at radius 2 is 1.34 bits per heavy atom. The average Bonchev–Trinajstić information content (AvgIpc) is 3.07. The number of anilines is 1. The van der Waals surface area contributed by atoms with Crippen molar-refractivity contribution in [2.45, 2.75) is 29.3 Å². The molecule has 166 valence electrons. The van der Waals surface area contributed by atoms with Crippen LogP contribution in [0.4, 0.5) is 31.3 Å². The molecule has 0 saturated heterocycles. The largest absolute Gasteiger partial charge is 0.416 e. The van der Waals surface area contributed by atoms with Gasteiger partial charge in [0.2, 0.25) is 0 Å². The van der Waals surface area contributed by atoms with Crippen LogP contribution in [0.25, 0.3) is 0 Å². The van der Waals surface area contributed by atoms with Gasteiger partial charge in [-0.05, 0) is 47.4 Å². The third-order valence-electron chi connectivity index (χ3n) is 5.26. The zero-order valence-corrected chi connectivity index (χ0v) is 17.7. The van der Waals surface area contributed by atoms with Gasteiger partial charge in [0.05, 0.1) is 21.9 Å². The van der Waals surface area contributed by atoms with E-state index < -0.39 is 28.7 Å². The second-order valence-corrected chi connectivity index (χ2v) is 9.64. The molecule has 0 radical (unpaired) electrons. The number of fused-ring (bicyclic) bond motifs is 1. The number of thioether (sulfide) groups is 1. The molecule has 0 bridgehead atoms. The van der Waals surface area contributed by atoms with Crippen LogP contribution < -0.4 is 5.73 Å². The molecule has 0 spiro atoms. The number of nitriles is 1. The van der Waals surface area contributed by atoms with Gasteiger partial charge in [-0.25, -0.2) is 0 Å². The van der Waals surface area contributed by atoms with Crippen molar-refractivity contribution in [3.05, 3.63) is 86.8 Å². The lowest BCUT2D eigenvalue weighted by molar-refractivity contribution is -0.138. The van der Waals surface area contributed by atoms with Crippen LogP contribution in [0.2, 0.25) is 0 Å². The number of alkyl halides is 6. The van der Waals surface area contributed by atoms with Gasteiger partial charge in [-0.1, -0.05) is 24.3 Å². The van der Waals surface area contributed by atoms with E-state index in [1.807, 2.05) is 0 Å². The molecule has 10 heteroatoms. The summed E-state index contributed by atoms with van der Waals surface area (Å²) in [4.78, 5) is 0.784. The summed E-state index contributed by atoms with van der Waals surface area (Å²) in [5, 5.41) is 9.18. The maximum atomic E-state index is 13.0. The normalized spacial score (nSPS) is 18.8. The Morgan fingerprint density at radius 1 is 0.844 bits per heavy atom. The molecule has 1 aliphatic heterocycles. The van der Waals surface area contributed by atoms with E-state index >= 15 is 0 Å². The predicted octanol–water partition coefficient (Wildman–Crippen LogP) is 7.36. The molecule has 2 unspecified atom stereocenters. The molecule has 2 nitrogen and oxygen atoms in total. The molecule has 0 saturated carbocycles. The fourth-order valence-corrected chi connectivity index (χ4v) is 6.52. The first-order valence-electron chi connectivity index (χ1n) is 9.30. The highest BCUT2D eigenvalue weighted by Gasteiger charge is 2.36. The SMILES string of the molecule is N#Cc1c(N)sc2c1CC(c1ccc(C(F)(F)F)cc1)SC2c1ccc(C(F)(F)F)cc1. The average molecular weight is 484 g/mol. The summed E-state index contributed by atoms with van der Waals surface area (Å²) in [6, 6.07) is 11.7. The molecule has 4 rings (SSSR count). The van der Waals surface area contributed by atoms with Crippen molar-refractivity contribution in [2.75, 3.05) is 5.73 Å². The summed E-state index contributed by atoms with van der Waals surface area (Å²) in [6.45, 7) is 0. The second kappa shape index (κ2) is 8.05. The minimum absolute atomic E-state index is 0.293. The van der Waals surface area contributed by atoms with Crippen LogP contribution >= 0.6 is 23.1 Å². The maximum Gasteiger partial charge on any atom is 0.416 e. The van der Waals surface area contributed by atoms with Crippen molar-refractivity contribution < 1.29 is 26.3 Å². The lowest BCUT2D eigenvalue weighted by Gasteiger charge is -2.30. The Kier molecular flexibility index (Phi) is 5.67. The molecule has 1 aliphatic rings. The summed E-state index contributed by atoms with van der Waals surface area (Å²) >= 11 is 2.64. The van der Waals surface area contributed by atoms with Crippen molar-refractivity contribution in [1.29, 1.82) is 5.26 Å². The maximum absolute atomic E-state index is 13.0. The van der Waals surface area contributed by atoms with Crippen LogP contribution in [-0.2, 0) is 18.8 Å². The van der Waals surface area contributed by atoms with Crippen molar-refractivity contribution >= 4 is 28.1 Å². The highest BCUT2D eigenvalue weighted by molar-refractivity contribution is 8.00. The molecule has 3 aromatic rings. The van der Waals surface area contributed by atoms with E-state index in [4.69, 9.17) is 5.73 Å². The van der Waals surface area contributed by atoms with E-state index in [0.717, 1.165) is 29.1 Å². The van der Waals surface area contributed by atoms with Crippen LogP contribution in [0, 0.1) is 11.3 Å². The van der Waals surface area contributed by atoms with E-state index in [1.54, 1.807) is 0 Å². The molecule has 32 heavy (non-hydrogen) atoms. The number of benzene rings is 2. The number of halogens is 6. The molecule has 2 atom stereocenters. The lowest BCUT2D eigenvalue weighted by Crippen LogP contribution is -2.13. The predicted molar refractivity (Wildman–Crippen MR) is 112 cm³/mol.